The third-order valence-electron chi connectivity index (χ3n) is 12.1. The number of fused-ring (bicyclic) bond motifs is 6. The van der Waals surface area contributed by atoms with Crippen LogP contribution in [0.3, 0.4) is 0 Å². The summed E-state index contributed by atoms with van der Waals surface area (Å²) in [4.78, 5) is 2.54. The van der Waals surface area contributed by atoms with Crippen LogP contribution in [0.4, 0.5) is 17.1 Å². The van der Waals surface area contributed by atoms with Crippen LogP contribution >= 0.6 is 0 Å². The first-order valence-electron chi connectivity index (χ1n) is 20.1. The molecular weight excluding hydrogens is 699 g/mol. The van der Waals surface area contributed by atoms with Crippen molar-refractivity contribution >= 4 is 38.6 Å². The van der Waals surface area contributed by atoms with Gasteiger partial charge in [-0.25, -0.2) is 0 Å². The zero-order valence-electron chi connectivity index (χ0n) is 32.0. The minimum Gasteiger partial charge on any atom is -0.309 e. The molecule has 272 valence electrons. The SMILES string of the molecule is c1ccc(-c2ccc(N(c3ccc4ccccc4c3)c3c4c(c5ccccc5c3-c3ccccc3)C(c3ccccc3)(c3ccccc3)c3ccccc3-4)cc2)cc1. The summed E-state index contributed by atoms with van der Waals surface area (Å²) < 4.78 is 0. The highest BCUT2D eigenvalue weighted by atomic mass is 15.1. The monoisotopic (exact) mass is 737 g/mol. The van der Waals surface area contributed by atoms with Crippen molar-refractivity contribution in [2.24, 2.45) is 0 Å². The van der Waals surface area contributed by atoms with Gasteiger partial charge in [0.05, 0.1) is 11.1 Å². The van der Waals surface area contributed by atoms with Crippen molar-refractivity contribution in [3.8, 4) is 33.4 Å². The molecular formula is C57H39N. The highest BCUT2D eigenvalue weighted by Crippen LogP contribution is 2.64. The highest BCUT2D eigenvalue weighted by molar-refractivity contribution is 6.17. The summed E-state index contributed by atoms with van der Waals surface area (Å²) in [5.41, 5.74) is 15.2. The van der Waals surface area contributed by atoms with Gasteiger partial charge in [0.2, 0.25) is 0 Å². The number of hydrogen-bond donors (Lipinski definition) is 0. The fraction of sp³-hybridized carbons (Fsp3) is 0.0175. The number of anilines is 3. The molecule has 1 heteroatoms. The molecule has 0 heterocycles. The average molecular weight is 738 g/mol. The molecule has 0 amide bonds. The second kappa shape index (κ2) is 13.9. The first-order chi connectivity index (χ1) is 28.8. The lowest BCUT2D eigenvalue weighted by molar-refractivity contribution is 0.775. The molecule has 0 N–H and O–H groups in total. The predicted octanol–water partition coefficient (Wildman–Crippen LogP) is 15.2. The van der Waals surface area contributed by atoms with Gasteiger partial charge in [-0.2, -0.15) is 0 Å². The van der Waals surface area contributed by atoms with Crippen LogP contribution in [0.5, 0.6) is 0 Å². The number of hydrogen-bond acceptors (Lipinski definition) is 1. The van der Waals surface area contributed by atoms with Gasteiger partial charge in [0.15, 0.2) is 0 Å². The Balaban J connectivity index is 1.34. The maximum Gasteiger partial charge on any atom is 0.0720 e. The lowest BCUT2D eigenvalue weighted by Gasteiger charge is -2.36. The molecule has 1 aliphatic carbocycles. The molecule has 0 fully saturated rings. The Hall–Kier alpha value is -7.48. The van der Waals surface area contributed by atoms with Crippen molar-refractivity contribution in [1.82, 2.24) is 0 Å². The van der Waals surface area contributed by atoms with E-state index in [4.69, 9.17) is 0 Å². The molecule has 0 bridgehead atoms. The van der Waals surface area contributed by atoms with Crippen LogP contribution in [0.2, 0.25) is 0 Å². The fourth-order valence-corrected chi connectivity index (χ4v) is 9.66. The van der Waals surface area contributed by atoms with Crippen molar-refractivity contribution < 1.29 is 0 Å². The smallest absolute Gasteiger partial charge is 0.0720 e. The van der Waals surface area contributed by atoms with Gasteiger partial charge in [0.1, 0.15) is 0 Å². The summed E-state index contributed by atoms with van der Waals surface area (Å²) in [7, 11) is 0. The maximum atomic E-state index is 2.54. The molecule has 1 nitrogen and oxygen atoms in total. The van der Waals surface area contributed by atoms with Crippen LogP contribution in [0.1, 0.15) is 22.3 Å². The van der Waals surface area contributed by atoms with Crippen LogP contribution in [0.25, 0.3) is 54.9 Å². The number of nitrogens with zero attached hydrogens (tertiary/aromatic N) is 1. The lowest BCUT2D eigenvalue weighted by Crippen LogP contribution is -2.29. The van der Waals surface area contributed by atoms with Crippen molar-refractivity contribution in [2.75, 3.05) is 4.90 Å². The van der Waals surface area contributed by atoms with Crippen LogP contribution in [-0.2, 0) is 5.41 Å². The molecule has 0 unspecified atom stereocenters. The topological polar surface area (TPSA) is 3.24 Å². The largest absolute Gasteiger partial charge is 0.309 e. The molecule has 0 aromatic heterocycles. The summed E-state index contributed by atoms with van der Waals surface area (Å²) in [5, 5.41) is 4.89. The molecule has 11 rings (SSSR count). The fourth-order valence-electron chi connectivity index (χ4n) is 9.66. The molecule has 58 heavy (non-hydrogen) atoms. The molecule has 0 spiro atoms. The third kappa shape index (κ3) is 5.25. The summed E-state index contributed by atoms with van der Waals surface area (Å²) in [6.45, 7) is 0. The zero-order valence-corrected chi connectivity index (χ0v) is 32.0. The molecule has 10 aromatic carbocycles. The Kier molecular flexibility index (Phi) is 8.12. The zero-order chi connectivity index (χ0) is 38.5. The quantitative estimate of drug-likeness (QED) is 0.157. The Morgan fingerprint density at radius 1 is 0.328 bits per heavy atom. The Morgan fingerprint density at radius 2 is 0.828 bits per heavy atom. The maximum absolute atomic E-state index is 2.54. The Bertz CT molecular complexity index is 3040. The molecule has 0 aliphatic heterocycles. The van der Waals surface area contributed by atoms with E-state index < -0.39 is 5.41 Å². The van der Waals surface area contributed by atoms with E-state index in [9.17, 15) is 0 Å². The highest BCUT2D eigenvalue weighted by Gasteiger charge is 2.49. The first kappa shape index (κ1) is 33.8. The number of rotatable bonds is 7. The van der Waals surface area contributed by atoms with Gasteiger partial charge in [-0.15, -0.1) is 0 Å². The van der Waals surface area contributed by atoms with E-state index in [-0.39, 0.29) is 0 Å². The first-order valence-corrected chi connectivity index (χ1v) is 20.1. The van der Waals surface area contributed by atoms with Gasteiger partial charge in [-0.05, 0) is 90.3 Å². The van der Waals surface area contributed by atoms with Gasteiger partial charge in [0.25, 0.3) is 0 Å². The normalized spacial score (nSPS) is 12.6. The lowest BCUT2D eigenvalue weighted by atomic mass is 9.66. The van der Waals surface area contributed by atoms with Crippen LogP contribution < -0.4 is 4.90 Å². The summed E-state index contributed by atoms with van der Waals surface area (Å²) in [6.07, 6.45) is 0. The van der Waals surface area contributed by atoms with Gasteiger partial charge in [-0.3, -0.25) is 0 Å². The molecule has 1 aliphatic rings. The standard InChI is InChI=1S/C57H39N/c1-5-19-40(20-6-1)42-33-36-47(37-34-42)58(48-38-35-41-21-13-14-24-44(41)39-48)56-53(43-22-7-2-8-23-43)49-29-15-16-30-50(49)55-54(56)51-31-17-18-32-52(51)57(55,45-25-9-3-10-26-45)46-27-11-4-12-28-46/h1-39H. The average Bonchev–Trinajstić information content (AvgIpc) is 3.62. The van der Waals surface area contributed by atoms with Crippen LogP contribution in [-0.4, -0.2) is 0 Å². The van der Waals surface area contributed by atoms with Crippen molar-refractivity contribution in [3.05, 3.63) is 259 Å². The molecule has 0 saturated heterocycles. The van der Waals surface area contributed by atoms with E-state index in [1.54, 1.807) is 0 Å². The Morgan fingerprint density at radius 3 is 1.50 bits per heavy atom. The minimum atomic E-state index is -0.593. The molecule has 0 saturated carbocycles. The predicted molar refractivity (Wildman–Crippen MR) is 244 cm³/mol. The molecule has 10 aromatic rings. The second-order valence-corrected chi connectivity index (χ2v) is 15.2. The van der Waals surface area contributed by atoms with Crippen molar-refractivity contribution in [2.45, 2.75) is 5.41 Å². The molecule has 0 radical (unpaired) electrons. The number of benzene rings is 10. The summed E-state index contributed by atoms with van der Waals surface area (Å²) >= 11 is 0. The summed E-state index contributed by atoms with van der Waals surface area (Å²) in [5.74, 6) is 0. The third-order valence-corrected chi connectivity index (χ3v) is 12.1. The van der Waals surface area contributed by atoms with Crippen LogP contribution in [0.15, 0.2) is 237 Å². The van der Waals surface area contributed by atoms with Crippen LogP contribution in [0, 0.1) is 0 Å². The van der Waals surface area contributed by atoms with E-state index in [2.05, 4.69) is 241 Å². The van der Waals surface area contributed by atoms with E-state index in [0.29, 0.717) is 0 Å². The molecule has 0 atom stereocenters. The van der Waals surface area contributed by atoms with E-state index in [1.807, 2.05) is 0 Å². The second-order valence-electron chi connectivity index (χ2n) is 15.2. The van der Waals surface area contributed by atoms with Gasteiger partial charge < -0.3 is 4.90 Å². The Labute approximate surface area is 339 Å². The van der Waals surface area contributed by atoms with Crippen molar-refractivity contribution in [1.29, 1.82) is 0 Å². The van der Waals surface area contributed by atoms with E-state index in [0.717, 1.165) is 11.4 Å². The minimum absolute atomic E-state index is 0.593. The van der Waals surface area contributed by atoms with E-state index in [1.165, 1.54) is 82.9 Å². The van der Waals surface area contributed by atoms with Gasteiger partial charge >= 0.3 is 0 Å². The van der Waals surface area contributed by atoms with E-state index >= 15 is 0 Å². The van der Waals surface area contributed by atoms with Gasteiger partial charge in [0, 0.05) is 22.5 Å². The summed E-state index contributed by atoms with van der Waals surface area (Å²) in [6, 6.07) is 87.0. The van der Waals surface area contributed by atoms with Crippen molar-refractivity contribution in [3.63, 3.8) is 0 Å². The van der Waals surface area contributed by atoms with Gasteiger partial charge in [-0.1, -0.05) is 212 Å².